The second-order valence-electron chi connectivity index (χ2n) is 3.71. The second-order valence-corrected chi connectivity index (χ2v) is 4.65. The monoisotopic (exact) mass is 296 g/mol. The van der Waals surface area contributed by atoms with Gasteiger partial charge < -0.3 is 14.6 Å². The highest BCUT2D eigenvalue weighted by molar-refractivity contribution is 7.99. The smallest absolute Gasteiger partial charge is 0.313 e. The van der Waals surface area contributed by atoms with Gasteiger partial charge in [-0.15, -0.1) is 16.6 Å². The van der Waals surface area contributed by atoms with Crippen LogP contribution in [-0.4, -0.2) is 45.5 Å². The topological polar surface area (TPSA) is 86.1 Å². The molecule has 0 saturated heterocycles. The molecule has 0 unspecified atom stereocenters. The zero-order valence-electron chi connectivity index (χ0n) is 11.4. The fraction of sp³-hybridized carbons (Fsp3) is 0.500. The van der Waals surface area contributed by atoms with E-state index in [1.807, 2.05) is 0 Å². The highest BCUT2D eigenvalue weighted by Gasteiger charge is 2.14. The first-order valence-electron chi connectivity index (χ1n) is 5.95. The quantitative estimate of drug-likeness (QED) is 0.425. The molecule has 0 bridgehead atoms. The van der Waals surface area contributed by atoms with Crippen molar-refractivity contribution < 1.29 is 14.3 Å². The van der Waals surface area contributed by atoms with Crippen molar-refractivity contribution in [2.45, 2.75) is 18.5 Å². The van der Waals surface area contributed by atoms with Crippen molar-refractivity contribution in [2.24, 2.45) is 7.05 Å². The number of rotatable bonds is 7. The van der Waals surface area contributed by atoms with Crippen LogP contribution in [0.3, 0.4) is 0 Å². The van der Waals surface area contributed by atoms with E-state index in [2.05, 4.69) is 21.4 Å². The van der Waals surface area contributed by atoms with Crippen LogP contribution < -0.4 is 5.32 Å². The van der Waals surface area contributed by atoms with Crippen LogP contribution in [0.5, 0.6) is 0 Å². The minimum Gasteiger partial charge on any atom is -0.466 e. The van der Waals surface area contributed by atoms with E-state index < -0.39 is 0 Å². The number of esters is 1. The number of carbonyl (C=O) groups excluding carboxylic acids is 2. The summed E-state index contributed by atoms with van der Waals surface area (Å²) in [5, 5.41) is 10.9. The molecule has 0 aliphatic rings. The first-order valence-corrected chi connectivity index (χ1v) is 6.93. The van der Waals surface area contributed by atoms with E-state index in [0.29, 0.717) is 17.6 Å². The Bertz CT molecular complexity index is 521. The Morgan fingerprint density at radius 1 is 1.50 bits per heavy atom. The van der Waals surface area contributed by atoms with Crippen LogP contribution in [0.25, 0.3) is 0 Å². The molecule has 1 aromatic rings. The molecule has 0 spiro atoms. The Morgan fingerprint density at radius 3 is 2.90 bits per heavy atom. The maximum absolute atomic E-state index is 11.4. The fourth-order valence-electron chi connectivity index (χ4n) is 1.30. The lowest BCUT2D eigenvalue weighted by atomic mass is 10.4. The standard InChI is InChI=1S/C12H16N4O3S/c1-4-6-13-10(17)8-20-12-15-14-9(16(12)3)7-11(18)19-5-2/h1H,5-8H2,2-3H3,(H,13,17). The molecule has 0 atom stereocenters. The van der Waals surface area contributed by atoms with Crippen LogP contribution in [0.4, 0.5) is 0 Å². The van der Waals surface area contributed by atoms with Crippen LogP contribution in [-0.2, 0) is 27.8 Å². The zero-order valence-corrected chi connectivity index (χ0v) is 12.2. The van der Waals surface area contributed by atoms with Gasteiger partial charge in [-0.2, -0.15) is 0 Å². The number of nitrogens with one attached hydrogen (secondary N) is 1. The van der Waals surface area contributed by atoms with Gasteiger partial charge in [0.25, 0.3) is 0 Å². The summed E-state index contributed by atoms with van der Waals surface area (Å²) < 4.78 is 6.51. The van der Waals surface area contributed by atoms with E-state index in [9.17, 15) is 9.59 Å². The number of amides is 1. The average molecular weight is 296 g/mol. The van der Waals surface area contributed by atoms with Crippen molar-refractivity contribution >= 4 is 23.6 Å². The van der Waals surface area contributed by atoms with E-state index in [-0.39, 0.29) is 30.6 Å². The van der Waals surface area contributed by atoms with E-state index in [0.717, 1.165) is 0 Å². The lowest BCUT2D eigenvalue weighted by Gasteiger charge is -2.04. The average Bonchev–Trinajstić information content (AvgIpc) is 2.75. The number of hydrogen-bond donors (Lipinski definition) is 1. The fourth-order valence-corrected chi connectivity index (χ4v) is 2.06. The van der Waals surface area contributed by atoms with Gasteiger partial charge in [-0.1, -0.05) is 17.7 Å². The first-order chi connectivity index (χ1) is 9.58. The molecule has 0 saturated carbocycles. The summed E-state index contributed by atoms with van der Waals surface area (Å²) >= 11 is 1.22. The van der Waals surface area contributed by atoms with Crippen LogP contribution >= 0.6 is 11.8 Å². The molecule has 0 radical (unpaired) electrons. The molecule has 7 nitrogen and oxygen atoms in total. The molecule has 1 rings (SSSR count). The number of carbonyl (C=O) groups is 2. The Kier molecular flexibility index (Phi) is 6.59. The summed E-state index contributed by atoms with van der Waals surface area (Å²) in [6.07, 6.45) is 5.10. The highest BCUT2D eigenvalue weighted by Crippen LogP contribution is 2.15. The SMILES string of the molecule is C#CCNC(=O)CSc1nnc(CC(=O)OCC)n1C. The number of nitrogens with zero attached hydrogens (tertiary/aromatic N) is 3. The Morgan fingerprint density at radius 2 is 2.25 bits per heavy atom. The lowest BCUT2D eigenvalue weighted by molar-refractivity contribution is -0.142. The molecule has 0 fully saturated rings. The van der Waals surface area contributed by atoms with Gasteiger partial charge >= 0.3 is 5.97 Å². The third kappa shape index (κ3) is 4.93. The van der Waals surface area contributed by atoms with Crippen LogP contribution in [0, 0.1) is 12.3 Å². The molecule has 20 heavy (non-hydrogen) atoms. The molecule has 8 heteroatoms. The molecule has 0 aliphatic carbocycles. The van der Waals surface area contributed by atoms with Crippen molar-refractivity contribution in [1.29, 1.82) is 0 Å². The van der Waals surface area contributed by atoms with E-state index >= 15 is 0 Å². The summed E-state index contributed by atoms with van der Waals surface area (Å²) in [6, 6.07) is 0. The van der Waals surface area contributed by atoms with Gasteiger partial charge in [0, 0.05) is 7.05 Å². The molecule has 0 aromatic carbocycles. The molecule has 1 amide bonds. The maximum Gasteiger partial charge on any atom is 0.313 e. The molecule has 1 aromatic heterocycles. The summed E-state index contributed by atoms with van der Waals surface area (Å²) in [4.78, 5) is 22.8. The van der Waals surface area contributed by atoms with Crippen molar-refractivity contribution in [1.82, 2.24) is 20.1 Å². The van der Waals surface area contributed by atoms with Crippen molar-refractivity contribution in [3.05, 3.63) is 5.82 Å². The molecule has 1 heterocycles. The summed E-state index contributed by atoms with van der Waals surface area (Å²) in [7, 11) is 1.73. The lowest BCUT2D eigenvalue weighted by Crippen LogP contribution is -2.25. The van der Waals surface area contributed by atoms with Crippen molar-refractivity contribution in [3.8, 4) is 12.3 Å². The van der Waals surface area contributed by atoms with E-state index in [1.165, 1.54) is 11.8 Å². The van der Waals surface area contributed by atoms with Crippen LogP contribution in [0.2, 0.25) is 0 Å². The number of terminal acetylenes is 1. The predicted octanol–water partition coefficient (Wildman–Crippen LogP) is -0.238. The Balaban J connectivity index is 2.52. The molecule has 0 aliphatic heterocycles. The normalized spacial score (nSPS) is 9.85. The Labute approximate surface area is 121 Å². The molecular weight excluding hydrogens is 280 g/mol. The van der Waals surface area contributed by atoms with Gasteiger partial charge in [0.2, 0.25) is 5.91 Å². The van der Waals surface area contributed by atoms with E-state index in [1.54, 1.807) is 18.5 Å². The number of hydrogen-bond acceptors (Lipinski definition) is 6. The van der Waals surface area contributed by atoms with Crippen molar-refractivity contribution in [3.63, 3.8) is 0 Å². The molecule has 108 valence electrons. The Hall–Kier alpha value is -2.01. The number of thioether (sulfide) groups is 1. The highest BCUT2D eigenvalue weighted by atomic mass is 32.2. The van der Waals surface area contributed by atoms with Gasteiger partial charge in [-0.05, 0) is 6.92 Å². The summed E-state index contributed by atoms with van der Waals surface area (Å²) in [6.45, 7) is 2.27. The first kappa shape index (κ1) is 16.0. The van der Waals surface area contributed by atoms with Gasteiger partial charge in [-0.25, -0.2) is 0 Å². The summed E-state index contributed by atoms with van der Waals surface area (Å²) in [5.41, 5.74) is 0. The minimum atomic E-state index is -0.355. The third-order valence-corrected chi connectivity index (χ3v) is 3.27. The van der Waals surface area contributed by atoms with Gasteiger partial charge in [0.15, 0.2) is 5.16 Å². The van der Waals surface area contributed by atoms with Gasteiger partial charge in [0.1, 0.15) is 12.2 Å². The third-order valence-electron chi connectivity index (χ3n) is 2.25. The maximum atomic E-state index is 11.4. The second kappa shape index (κ2) is 8.22. The minimum absolute atomic E-state index is 0.0567. The van der Waals surface area contributed by atoms with E-state index in [4.69, 9.17) is 11.2 Å². The van der Waals surface area contributed by atoms with Gasteiger partial charge in [0.05, 0.1) is 18.9 Å². The largest absolute Gasteiger partial charge is 0.466 e. The van der Waals surface area contributed by atoms with Gasteiger partial charge in [-0.3, -0.25) is 9.59 Å². The molecular formula is C12H16N4O3S. The van der Waals surface area contributed by atoms with Crippen LogP contribution in [0.15, 0.2) is 5.16 Å². The number of aromatic nitrogens is 3. The zero-order chi connectivity index (χ0) is 15.0. The molecule has 1 N–H and O–H groups in total. The predicted molar refractivity (Wildman–Crippen MR) is 73.9 cm³/mol. The van der Waals surface area contributed by atoms with Crippen LogP contribution in [0.1, 0.15) is 12.7 Å². The summed E-state index contributed by atoms with van der Waals surface area (Å²) in [5.74, 6) is 2.47. The number of ether oxygens (including phenoxy) is 1. The van der Waals surface area contributed by atoms with Crippen molar-refractivity contribution in [2.75, 3.05) is 18.9 Å².